The minimum Gasteiger partial charge on any atom is -0.338 e. The first-order valence-electron chi connectivity index (χ1n) is 7.89. The molecule has 2 aliphatic rings. The first-order chi connectivity index (χ1) is 9.74. The van der Waals surface area contributed by atoms with Crippen molar-refractivity contribution in [2.45, 2.75) is 64.5 Å². The Balaban J connectivity index is 1.50. The van der Waals surface area contributed by atoms with Crippen molar-refractivity contribution in [3.05, 3.63) is 11.6 Å². The van der Waals surface area contributed by atoms with E-state index < -0.39 is 0 Å². The number of nitrogens with zero attached hydrogens (tertiary/aromatic N) is 4. The first kappa shape index (κ1) is 13.6. The van der Waals surface area contributed by atoms with Gasteiger partial charge in [-0.25, -0.2) is 0 Å². The Bertz CT molecular complexity index is 476. The smallest absolute Gasteiger partial charge is 0.222 e. The highest BCUT2D eigenvalue weighted by molar-refractivity contribution is 5.75. The van der Waals surface area contributed by atoms with Gasteiger partial charge in [-0.2, -0.15) is 0 Å². The third-order valence-electron chi connectivity index (χ3n) is 4.73. The number of carbonyl (C=O) groups excluding carboxylic acids is 1. The standard InChI is InChI=1S/C15H24N4O/c1-18(15(20)9-8-12-5-2-3-6-12)11-14-17-16-13-7-4-10-19(13)14/h12H,2-11H2,1H3. The highest BCUT2D eigenvalue weighted by Crippen LogP contribution is 2.28. The molecule has 2 heterocycles. The van der Waals surface area contributed by atoms with Crippen LogP contribution in [-0.4, -0.2) is 32.6 Å². The maximum atomic E-state index is 12.2. The number of carbonyl (C=O) groups is 1. The highest BCUT2D eigenvalue weighted by Gasteiger charge is 2.21. The van der Waals surface area contributed by atoms with Crippen molar-refractivity contribution in [2.24, 2.45) is 5.92 Å². The van der Waals surface area contributed by atoms with Crippen molar-refractivity contribution in [3.63, 3.8) is 0 Å². The van der Waals surface area contributed by atoms with E-state index >= 15 is 0 Å². The van der Waals surface area contributed by atoms with Gasteiger partial charge in [0.15, 0.2) is 5.82 Å². The van der Waals surface area contributed by atoms with Gasteiger partial charge in [0.05, 0.1) is 6.54 Å². The summed E-state index contributed by atoms with van der Waals surface area (Å²) in [6, 6.07) is 0. The third-order valence-corrected chi connectivity index (χ3v) is 4.73. The zero-order valence-corrected chi connectivity index (χ0v) is 12.3. The summed E-state index contributed by atoms with van der Waals surface area (Å²) in [4.78, 5) is 14.0. The average Bonchev–Trinajstić information content (AvgIpc) is 3.15. The van der Waals surface area contributed by atoms with Crippen molar-refractivity contribution in [1.82, 2.24) is 19.7 Å². The van der Waals surface area contributed by atoms with Crippen LogP contribution < -0.4 is 0 Å². The van der Waals surface area contributed by atoms with Gasteiger partial charge >= 0.3 is 0 Å². The molecular weight excluding hydrogens is 252 g/mol. The molecule has 5 nitrogen and oxygen atoms in total. The molecule has 0 aromatic carbocycles. The van der Waals surface area contributed by atoms with Crippen LogP contribution >= 0.6 is 0 Å². The predicted octanol–water partition coefficient (Wildman–Crippen LogP) is 2.15. The Morgan fingerprint density at radius 1 is 1.30 bits per heavy atom. The molecule has 110 valence electrons. The number of amides is 1. The molecule has 5 heteroatoms. The quantitative estimate of drug-likeness (QED) is 0.828. The molecule has 0 bridgehead atoms. The monoisotopic (exact) mass is 276 g/mol. The third kappa shape index (κ3) is 2.86. The minimum atomic E-state index is 0.243. The van der Waals surface area contributed by atoms with Crippen LogP contribution in [0.4, 0.5) is 0 Å². The van der Waals surface area contributed by atoms with Gasteiger partial charge in [-0.3, -0.25) is 4.79 Å². The number of hydrogen-bond acceptors (Lipinski definition) is 3. The molecule has 0 N–H and O–H groups in total. The van der Waals surface area contributed by atoms with Crippen LogP contribution in [0.3, 0.4) is 0 Å². The highest BCUT2D eigenvalue weighted by atomic mass is 16.2. The fourth-order valence-electron chi connectivity index (χ4n) is 3.45. The molecule has 0 saturated heterocycles. The van der Waals surface area contributed by atoms with Gasteiger partial charge < -0.3 is 9.47 Å². The van der Waals surface area contributed by atoms with Crippen molar-refractivity contribution < 1.29 is 4.79 Å². The van der Waals surface area contributed by atoms with E-state index in [4.69, 9.17) is 0 Å². The van der Waals surface area contributed by atoms with Gasteiger partial charge in [-0.15, -0.1) is 10.2 Å². The molecule has 0 unspecified atom stereocenters. The molecular formula is C15H24N4O. The summed E-state index contributed by atoms with van der Waals surface area (Å²) in [5.41, 5.74) is 0. The van der Waals surface area contributed by atoms with E-state index in [1.165, 1.54) is 25.7 Å². The molecule has 1 saturated carbocycles. The second-order valence-corrected chi connectivity index (χ2v) is 6.23. The summed E-state index contributed by atoms with van der Waals surface area (Å²) in [6.07, 6.45) is 9.23. The van der Waals surface area contributed by atoms with E-state index in [-0.39, 0.29) is 5.91 Å². The van der Waals surface area contributed by atoms with Gasteiger partial charge in [0.25, 0.3) is 0 Å². The summed E-state index contributed by atoms with van der Waals surface area (Å²) in [6.45, 7) is 1.60. The lowest BCUT2D eigenvalue weighted by molar-refractivity contribution is -0.130. The summed E-state index contributed by atoms with van der Waals surface area (Å²) >= 11 is 0. The molecule has 0 spiro atoms. The molecule has 1 fully saturated rings. The fraction of sp³-hybridized carbons (Fsp3) is 0.800. The van der Waals surface area contributed by atoms with Crippen molar-refractivity contribution >= 4 is 5.91 Å². The summed E-state index contributed by atoms with van der Waals surface area (Å²) in [7, 11) is 1.88. The van der Waals surface area contributed by atoms with Crippen LogP contribution in [0, 0.1) is 5.92 Å². The average molecular weight is 276 g/mol. The van der Waals surface area contributed by atoms with E-state index in [9.17, 15) is 4.79 Å². The summed E-state index contributed by atoms with van der Waals surface area (Å²) in [5, 5.41) is 8.41. The van der Waals surface area contributed by atoms with E-state index in [1.807, 2.05) is 11.9 Å². The molecule has 1 aliphatic heterocycles. The number of hydrogen-bond donors (Lipinski definition) is 0. The first-order valence-corrected chi connectivity index (χ1v) is 7.89. The Labute approximate surface area is 120 Å². The van der Waals surface area contributed by atoms with Gasteiger partial charge in [-0.05, 0) is 18.8 Å². The van der Waals surface area contributed by atoms with Crippen molar-refractivity contribution in [3.8, 4) is 0 Å². The largest absolute Gasteiger partial charge is 0.338 e. The van der Waals surface area contributed by atoms with Gasteiger partial charge in [0.2, 0.25) is 5.91 Å². The predicted molar refractivity (Wildman–Crippen MR) is 76.0 cm³/mol. The number of aryl methyl sites for hydroxylation is 1. The topological polar surface area (TPSA) is 51.0 Å². The Hall–Kier alpha value is -1.39. The number of aromatic nitrogens is 3. The molecule has 0 atom stereocenters. The number of rotatable bonds is 5. The Morgan fingerprint density at radius 3 is 2.90 bits per heavy atom. The summed E-state index contributed by atoms with van der Waals surface area (Å²) < 4.78 is 2.17. The van der Waals surface area contributed by atoms with E-state index in [0.29, 0.717) is 13.0 Å². The molecule has 1 aliphatic carbocycles. The fourth-order valence-corrected chi connectivity index (χ4v) is 3.45. The molecule has 0 radical (unpaired) electrons. The lowest BCUT2D eigenvalue weighted by Crippen LogP contribution is -2.27. The Morgan fingerprint density at radius 2 is 2.10 bits per heavy atom. The van der Waals surface area contributed by atoms with E-state index in [2.05, 4.69) is 14.8 Å². The van der Waals surface area contributed by atoms with Crippen LogP contribution in [-0.2, 0) is 24.3 Å². The molecule has 20 heavy (non-hydrogen) atoms. The molecule has 1 aromatic rings. The van der Waals surface area contributed by atoms with Gasteiger partial charge in [0.1, 0.15) is 5.82 Å². The van der Waals surface area contributed by atoms with Gasteiger partial charge in [0, 0.05) is 26.4 Å². The SMILES string of the molecule is CN(Cc1nnc2n1CCC2)C(=O)CCC1CCCC1. The van der Waals surface area contributed by atoms with Crippen LogP contribution in [0.1, 0.15) is 56.6 Å². The van der Waals surface area contributed by atoms with E-state index in [1.54, 1.807) is 0 Å². The van der Waals surface area contributed by atoms with Crippen LogP contribution in [0.2, 0.25) is 0 Å². The van der Waals surface area contributed by atoms with Gasteiger partial charge in [-0.1, -0.05) is 25.7 Å². The molecule has 1 amide bonds. The molecule has 1 aromatic heterocycles. The van der Waals surface area contributed by atoms with E-state index in [0.717, 1.165) is 43.4 Å². The number of fused-ring (bicyclic) bond motifs is 1. The normalized spacial score (nSPS) is 18.4. The lowest BCUT2D eigenvalue weighted by Gasteiger charge is -2.18. The Kier molecular flexibility index (Phi) is 4.03. The zero-order valence-electron chi connectivity index (χ0n) is 12.3. The second kappa shape index (κ2) is 5.94. The second-order valence-electron chi connectivity index (χ2n) is 6.23. The van der Waals surface area contributed by atoms with Crippen molar-refractivity contribution in [2.75, 3.05) is 7.05 Å². The maximum absolute atomic E-state index is 12.2. The summed E-state index contributed by atoms with van der Waals surface area (Å²) in [5.74, 6) is 3.04. The van der Waals surface area contributed by atoms with Crippen LogP contribution in [0.15, 0.2) is 0 Å². The van der Waals surface area contributed by atoms with Crippen LogP contribution in [0.5, 0.6) is 0 Å². The lowest BCUT2D eigenvalue weighted by atomic mass is 10.0. The van der Waals surface area contributed by atoms with Crippen LogP contribution in [0.25, 0.3) is 0 Å². The maximum Gasteiger partial charge on any atom is 0.222 e. The zero-order chi connectivity index (χ0) is 13.9. The molecule has 3 rings (SSSR count). The van der Waals surface area contributed by atoms with Crippen molar-refractivity contribution in [1.29, 1.82) is 0 Å². The minimum absolute atomic E-state index is 0.243.